The first-order valence-corrected chi connectivity index (χ1v) is 7.43. The Balaban J connectivity index is 2.58. The maximum atomic E-state index is 11.6. The lowest BCUT2D eigenvalue weighted by Gasteiger charge is -2.30. The largest absolute Gasteiger partial charge is 0.317 e. The molecule has 1 rings (SSSR count). The van der Waals surface area contributed by atoms with Gasteiger partial charge in [-0.3, -0.25) is 0 Å². The predicted octanol–water partition coefficient (Wildman–Crippen LogP) is 0.656. The van der Waals surface area contributed by atoms with Crippen molar-refractivity contribution in [1.82, 2.24) is 9.62 Å². The summed E-state index contributed by atoms with van der Waals surface area (Å²) >= 11 is 0. The van der Waals surface area contributed by atoms with Crippen molar-refractivity contribution in [3.8, 4) is 0 Å². The number of hydrogen-bond acceptors (Lipinski definition) is 3. The van der Waals surface area contributed by atoms with Gasteiger partial charge >= 0.3 is 0 Å². The molecule has 0 spiro atoms. The molecule has 1 saturated heterocycles. The predicted molar refractivity (Wildman–Crippen MR) is 62.3 cm³/mol. The van der Waals surface area contributed by atoms with Crippen molar-refractivity contribution in [2.75, 3.05) is 25.9 Å². The molecule has 15 heavy (non-hydrogen) atoms. The van der Waals surface area contributed by atoms with E-state index in [1.165, 1.54) is 6.26 Å². The van der Waals surface area contributed by atoms with Crippen molar-refractivity contribution in [1.29, 1.82) is 0 Å². The van der Waals surface area contributed by atoms with E-state index in [2.05, 4.69) is 5.32 Å². The molecule has 0 bridgehead atoms. The van der Waals surface area contributed by atoms with Crippen LogP contribution in [0.1, 0.15) is 26.7 Å². The fourth-order valence-electron chi connectivity index (χ4n) is 2.05. The maximum Gasteiger partial charge on any atom is 0.211 e. The summed E-state index contributed by atoms with van der Waals surface area (Å²) in [5, 5.41) is 3.29. The van der Waals surface area contributed by atoms with Gasteiger partial charge in [-0.05, 0) is 45.7 Å². The van der Waals surface area contributed by atoms with Crippen LogP contribution in [0.15, 0.2) is 0 Å². The second kappa shape index (κ2) is 5.27. The first kappa shape index (κ1) is 12.9. The van der Waals surface area contributed by atoms with Crippen LogP contribution in [0.2, 0.25) is 0 Å². The van der Waals surface area contributed by atoms with Crippen molar-refractivity contribution >= 4 is 10.0 Å². The molecule has 0 amide bonds. The van der Waals surface area contributed by atoms with Crippen LogP contribution in [0.4, 0.5) is 0 Å². The van der Waals surface area contributed by atoms with Crippen LogP contribution in [0, 0.1) is 5.92 Å². The molecule has 5 heteroatoms. The number of piperidine rings is 1. The highest BCUT2D eigenvalue weighted by Gasteiger charge is 2.24. The van der Waals surface area contributed by atoms with E-state index in [0.717, 1.165) is 25.9 Å². The average Bonchev–Trinajstić information content (AvgIpc) is 2.13. The molecule has 1 fully saturated rings. The maximum absolute atomic E-state index is 11.6. The average molecular weight is 234 g/mol. The summed E-state index contributed by atoms with van der Waals surface area (Å²) in [6.45, 7) is 6.57. The van der Waals surface area contributed by atoms with Gasteiger partial charge in [0.15, 0.2) is 0 Å². The van der Waals surface area contributed by atoms with Crippen LogP contribution in [0.5, 0.6) is 0 Å². The van der Waals surface area contributed by atoms with Crippen LogP contribution >= 0.6 is 0 Å². The zero-order chi connectivity index (χ0) is 11.5. The molecule has 0 saturated carbocycles. The highest BCUT2D eigenvalue weighted by molar-refractivity contribution is 7.88. The summed E-state index contributed by atoms with van der Waals surface area (Å²) in [4.78, 5) is 0. The van der Waals surface area contributed by atoms with Crippen LogP contribution in [-0.2, 0) is 10.0 Å². The van der Waals surface area contributed by atoms with Gasteiger partial charge in [0.2, 0.25) is 10.0 Å². The molecule has 1 N–H and O–H groups in total. The molecule has 0 aromatic rings. The highest BCUT2D eigenvalue weighted by atomic mass is 32.2. The number of rotatable bonds is 4. The molecular weight excluding hydrogens is 212 g/mol. The molecule has 0 unspecified atom stereocenters. The summed E-state index contributed by atoms with van der Waals surface area (Å²) in [5.74, 6) is 0.517. The molecular formula is C10H22N2O2S. The van der Waals surface area contributed by atoms with E-state index in [9.17, 15) is 8.42 Å². The molecule has 0 atom stereocenters. The molecule has 4 nitrogen and oxygen atoms in total. The molecule has 1 aliphatic heterocycles. The second-order valence-electron chi connectivity index (χ2n) is 4.62. The smallest absolute Gasteiger partial charge is 0.211 e. The Morgan fingerprint density at radius 1 is 1.33 bits per heavy atom. The number of hydrogen-bond donors (Lipinski definition) is 1. The van der Waals surface area contributed by atoms with Crippen molar-refractivity contribution < 1.29 is 8.42 Å². The van der Waals surface area contributed by atoms with Gasteiger partial charge in [0.25, 0.3) is 0 Å². The van der Waals surface area contributed by atoms with E-state index in [0.29, 0.717) is 12.5 Å². The lowest BCUT2D eigenvalue weighted by molar-refractivity contribution is 0.262. The van der Waals surface area contributed by atoms with E-state index in [-0.39, 0.29) is 6.04 Å². The minimum Gasteiger partial charge on any atom is -0.317 e. The van der Waals surface area contributed by atoms with Gasteiger partial charge in [-0.1, -0.05) is 0 Å². The van der Waals surface area contributed by atoms with Crippen molar-refractivity contribution in [2.24, 2.45) is 5.92 Å². The third kappa shape index (κ3) is 4.09. The van der Waals surface area contributed by atoms with Crippen LogP contribution in [0.3, 0.4) is 0 Å². The van der Waals surface area contributed by atoms with E-state index >= 15 is 0 Å². The fraction of sp³-hybridized carbons (Fsp3) is 1.00. The summed E-state index contributed by atoms with van der Waals surface area (Å²) in [6, 6.07) is 0.0647. The van der Waals surface area contributed by atoms with Crippen LogP contribution < -0.4 is 5.32 Å². The van der Waals surface area contributed by atoms with Gasteiger partial charge in [-0.2, -0.15) is 4.31 Å². The summed E-state index contributed by atoms with van der Waals surface area (Å²) < 4.78 is 24.7. The number of sulfonamides is 1. The van der Waals surface area contributed by atoms with Crippen LogP contribution in [-0.4, -0.2) is 44.7 Å². The Bertz CT molecular complexity index is 282. The summed E-state index contributed by atoms with van der Waals surface area (Å²) in [6.07, 6.45) is 3.46. The summed E-state index contributed by atoms with van der Waals surface area (Å²) in [7, 11) is -3.05. The lowest BCUT2D eigenvalue weighted by Crippen LogP contribution is -2.42. The van der Waals surface area contributed by atoms with E-state index < -0.39 is 10.0 Å². The molecule has 0 aromatic carbocycles. The third-order valence-electron chi connectivity index (χ3n) is 2.90. The minimum absolute atomic E-state index is 0.0647. The molecule has 90 valence electrons. The van der Waals surface area contributed by atoms with E-state index in [1.807, 2.05) is 13.8 Å². The Morgan fingerprint density at radius 2 is 1.87 bits per heavy atom. The quantitative estimate of drug-likeness (QED) is 0.777. The molecule has 0 aliphatic carbocycles. The molecule has 0 aromatic heterocycles. The SMILES string of the molecule is CC(C)N(CC1CCNCC1)S(C)(=O)=O. The summed E-state index contributed by atoms with van der Waals surface area (Å²) in [5.41, 5.74) is 0. The van der Waals surface area contributed by atoms with E-state index in [1.54, 1.807) is 4.31 Å². The Labute approximate surface area is 93.1 Å². The van der Waals surface area contributed by atoms with Gasteiger partial charge < -0.3 is 5.32 Å². The molecule has 1 heterocycles. The van der Waals surface area contributed by atoms with Gasteiger partial charge in [-0.25, -0.2) is 8.42 Å². The minimum atomic E-state index is -3.05. The Morgan fingerprint density at radius 3 is 2.27 bits per heavy atom. The van der Waals surface area contributed by atoms with Crippen molar-refractivity contribution in [2.45, 2.75) is 32.7 Å². The van der Waals surface area contributed by atoms with E-state index in [4.69, 9.17) is 0 Å². The fourth-order valence-corrected chi connectivity index (χ4v) is 3.30. The Hall–Kier alpha value is -0.130. The second-order valence-corrected chi connectivity index (χ2v) is 6.55. The highest BCUT2D eigenvalue weighted by Crippen LogP contribution is 2.17. The first-order chi connectivity index (χ1) is 6.91. The zero-order valence-corrected chi connectivity index (χ0v) is 10.7. The lowest BCUT2D eigenvalue weighted by atomic mass is 9.98. The zero-order valence-electron chi connectivity index (χ0n) is 9.86. The van der Waals surface area contributed by atoms with Gasteiger partial charge in [0.1, 0.15) is 0 Å². The molecule has 1 aliphatic rings. The van der Waals surface area contributed by atoms with Gasteiger partial charge in [0, 0.05) is 12.6 Å². The monoisotopic (exact) mass is 234 g/mol. The standard InChI is InChI=1S/C10H22N2O2S/c1-9(2)12(15(3,13)14)8-10-4-6-11-7-5-10/h9-11H,4-8H2,1-3H3. The van der Waals surface area contributed by atoms with Crippen molar-refractivity contribution in [3.63, 3.8) is 0 Å². The number of nitrogens with one attached hydrogen (secondary N) is 1. The number of nitrogens with zero attached hydrogens (tertiary/aromatic N) is 1. The van der Waals surface area contributed by atoms with Crippen LogP contribution in [0.25, 0.3) is 0 Å². The normalized spacial score (nSPS) is 20.1. The molecule has 0 radical (unpaired) electrons. The van der Waals surface area contributed by atoms with Crippen molar-refractivity contribution in [3.05, 3.63) is 0 Å². The third-order valence-corrected chi connectivity index (χ3v) is 4.32. The topological polar surface area (TPSA) is 49.4 Å². The van der Waals surface area contributed by atoms with Gasteiger partial charge in [0.05, 0.1) is 6.26 Å². The first-order valence-electron chi connectivity index (χ1n) is 5.59. The van der Waals surface area contributed by atoms with Gasteiger partial charge in [-0.15, -0.1) is 0 Å². The Kier molecular flexibility index (Phi) is 4.55.